The van der Waals surface area contributed by atoms with Gasteiger partial charge >= 0.3 is 0 Å². The third-order valence-electron chi connectivity index (χ3n) is 14.9. The van der Waals surface area contributed by atoms with Crippen LogP contribution in [-0.2, 0) is 10.8 Å². The van der Waals surface area contributed by atoms with Crippen molar-refractivity contribution < 1.29 is 0 Å². The lowest BCUT2D eigenvalue weighted by molar-refractivity contribution is -0.0399. The normalized spacial score (nSPS) is 24.1. The summed E-state index contributed by atoms with van der Waals surface area (Å²) in [7, 11) is 0. The van der Waals surface area contributed by atoms with Crippen molar-refractivity contribution in [3.05, 3.63) is 180 Å². The van der Waals surface area contributed by atoms with Gasteiger partial charge in [0.05, 0.1) is 11.4 Å². The molecule has 272 valence electrons. The monoisotopic (exact) mass is 722 g/mol. The van der Waals surface area contributed by atoms with Crippen molar-refractivity contribution in [2.75, 3.05) is 4.90 Å². The molecule has 2 nitrogen and oxygen atoms in total. The van der Waals surface area contributed by atoms with E-state index in [1.165, 1.54) is 105 Å². The number of benzene rings is 6. The summed E-state index contributed by atoms with van der Waals surface area (Å²) in [6, 6.07) is 55.4. The molecule has 1 spiro atoms. The average molecular weight is 723 g/mol. The van der Waals surface area contributed by atoms with Crippen molar-refractivity contribution in [3.8, 4) is 44.5 Å². The minimum Gasteiger partial charge on any atom is -0.310 e. The van der Waals surface area contributed by atoms with E-state index in [1.807, 2.05) is 12.4 Å². The Kier molecular flexibility index (Phi) is 6.90. The first-order valence-corrected chi connectivity index (χ1v) is 20.9. The molecule has 1 aromatic heterocycles. The molecule has 0 saturated heterocycles. The molecular formula is C54H46N2. The van der Waals surface area contributed by atoms with Crippen LogP contribution in [0.15, 0.2) is 158 Å². The molecule has 0 amide bonds. The summed E-state index contributed by atoms with van der Waals surface area (Å²) in [4.78, 5) is 7.13. The molecule has 4 fully saturated rings. The van der Waals surface area contributed by atoms with Gasteiger partial charge in [0, 0.05) is 34.5 Å². The van der Waals surface area contributed by atoms with Crippen molar-refractivity contribution in [1.29, 1.82) is 0 Å². The number of fused-ring (bicyclic) bond motifs is 6. The number of pyridine rings is 1. The fourth-order valence-corrected chi connectivity index (χ4v) is 13.0. The van der Waals surface area contributed by atoms with Crippen molar-refractivity contribution in [2.45, 2.75) is 56.8 Å². The first-order valence-electron chi connectivity index (χ1n) is 20.9. The second-order valence-corrected chi connectivity index (χ2v) is 18.0. The van der Waals surface area contributed by atoms with Gasteiger partial charge in [-0.3, -0.25) is 4.98 Å². The van der Waals surface area contributed by atoms with Crippen LogP contribution in [0.3, 0.4) is 0 Å². The molecule has 0 radical (unpaired) electrons. The summed E-state index contributed by atoms with van der Waals surface area (Å²) < 4.78 is 0. The number of hydrogen-bond donors (Lipinski definition) is 0. The molecule has 0 aliphatic heterocycles. The van der Waals surface area contributed by atoms with Gasteiger partial charge in [0.2, 0.25) is 0 Å². The van der Waals surface area contributed by atoms with Crippen molar-refractivity contribution in [3.63, 3.8) is 0 Å². The third-order valence-corrected chi connectivity index (χ3v) is 14.9. The van der Waals surface area contributed by atoms with Gasteiger partial charge in [-0.1, -0.05) is 117 Å². The van der Waals surface area contributed by atoms with Gasteiger partial charge in [0.1, 0.15) is 0 Å². The van der Waals surface area contributed by atoms with Crippen LogP contribution >= 0.6 is 0 Å². The van der Waals surface area contributed by atoms with Gasteiger partial charge in [0.25, 0.3) is 0 Å². The number of aromatic nitrogens is 1. The molecule has 1 heterocycles. The molecule has 6 aliphatic carbocycles. The predicted octanol–water partition coefficient (Wildman–Crippen LogP) is 13.9. The Hall–Kier alpha value is -5.73. The molecule has 0 atom stereocenters. The summed E-state index contributed by atoms with van der Waals surface area (Å²) in [5.41, 5.74) is 20.0. The van der Waals surface area contributed by atoms with Crippen LogP contribution in [0.5, 0.6) is 0 Å². The maximum absolute atomic E-state index is 4.50. The van der Waals surface area contributed by atoms with E-state index in [4.69, 9.17) is 0 Å². The van der Waals surface area contributed by atoms with E-state index in [9.17, 15) is 0 Å². The lowest BCUT2D eigenvalue weighted by atomic mass is 9.43. The van der Waals surface area contributed by atoms with E-state index in [0.29, 0.717) is 11.8 Å². The summed E-state index contributed by atoms with van der Waals surface area (Å²) in [6.45, 7) is 4.84. The molecular weight excluding hydrogens is 677 g/mol. The second kappa shape index (κ2) is 11.9. The van der Waals surface area contributed by atoms with Crippen molar-refractivity contribution in [1.82, 2.24) is 4.98 Å². The first-order chi connectivity index (χ1) is 27.5. The highest BCUT2D eigenvalue weighted by Crippen LogP contribution is 2.70. The first kappa shape index (κ1) is 32.5. The van der Waals surface area contributed by atoms with Gasteiger partial charge in [-0.2, -0.15) is 0 Å². The van der Waals surface area contributed by atoms with Gasteiger partial charge in [-0.05, 0) is 159 Å². The summed E-state index contributed by atoms with van der Waals surface area (Å²) >= 11 is 0. The summed E-state index contributed by atoms with van der Waals surface area (Å²) in [5.74, 6) is 3.16. The number of anilines is 3. The van der Waals surface area contributed by atoms with Crippen LogP contribution in [-0.4, -0.2) is 4.98 Å². The number of hydrogen-bond acceptors (Lipinski definition) is 2. The smallest absolute Gasteiger partial charge is 0.0543 e. The van der Waals surface area contributed by atoms with Crippen molar-refractivity contribution in [2.24, 2.45) is 23.7 Å². The van der Waals surface area contributed by atoms with Crippen LogP contribution in [0.25, 0.3) is 44.5 Å². The topological polar surface area (TPSA) is 16.1 Å². The Morgan fingerprint density at radius 1 is 0.464 bits per heavy atom. The van der Waals surface area contributed by atoms with Gasteiger partial charge in [-0.25, -0.2) is 0 Å². The maximum Gasteiger partial charge on any atom is 0.0543 e. The number of rotatable bonds is 5. The predicted molar refractivity (Wildman–Crippen MR) is 231 cm³/mol. The quantitative estimate of drug-likeness (QED) is 0.176. The van der Waals surface area contributed by atoms with E-state index in [1.54, 1.807) is 11.1 Å². The fraction of sp³-hybridized carbons (Fsp3) is 0.241. The molecule has 0 N–H and O–H groups in total. The molecule has 4 saturated carbocycles. The Bertz CT molecular complexity index is 2640. The lowest BCUT2D eigenvalue weighted by Gasteiger charge is -2.61. The summed E-state index contributed by atoms with van der Waals surface area (Å²) in [5, 5.41) is 0. The molecule has 0 unspecified atom stereocenters. The molecule has 56 heavy (non-hydrogen) atoms. The molecule has 4 bridgehead atoms. The average Bonchev–Trinajstić information content (AvgIpc) is 3.66. The molecule has 13 rings (SSSR count). The van der Waals surface area contributed by atoms with Crippen molar-refractivity contribution >= 4 is 17.1 Å². The molecule has 2 heteroatoms. The van der Waals surface area contributed by atoms with E-state index in [0.717, 1.165) is 11.8 Å². The molecule has 6 aliphatic rings. The second-order valence-electron chi connectivity index (χ2n) is 18.0. The summed E-state index contributed by atoms with van der Waals surface area (Å²) in [6.07, 6.45) is 10.8. The lowest BCUT2D eigenvalue weighted by Crippen LogP contribution is -2.55. The maximum atomic E-state index is 4.50. The van der Waals surface area contributed by atoms with E-state index >= 15 is 0 Å². The Morgan fingerprint density at radius 2 is 1.07 bits per heavy atom. The minimum atomic E-state index is -0.183. The van der Waals surface area contributed by atoms with Crippen LogP contribution in [0, 0.1) is 23.7 Å². The third kappa shape index (κ3) is 4.42. The SMILES string of the molecule is CC1(C)c2ccccc2-c2cccc(N(c3ccc(-c4ccccc4)cc3)c3cc4c(cc3-c3ccncc3)-c3ccccc3C43C4CC5CC(C4)CC3C5)c21. The van der Waals surface area contributed by atoms with Crippen LogP contribution < -0.4 is 4.90 Å². The standard InChI is InChI=1S/C54H46N2/c1-53(2)47-16-8-6-13-42(47)44-15-10-18-50(52(44)53)56(41-21-19-37(20-22-41)36-11-4-3-5-12-36)51-33-49-46(32-45(51)38-23-25-55-26-24-38)43-14-7-9-17-48(43)54(49)39-28-34-27-35(30-39)31-40(54)29-34/h3-26,32-35,39-40H,27-31H2,1-2H3. The Morgan fingerprint density at radius 3 is 1.79 bits per heavy atom. The van der Waals surface area contributed by atoms with E-state index in [-0.39, 0.29) is 10.8 Å². The highest BCUT2D eigenvalue weighted by Gasteiger charge is 2.61. The zero-order valence-electron chi connectivity index (χ0n) is 32.3. The largest absolute Gasteiger partial charge is 0.310 e. The number of nitrogens with zero attached hydrogens (tertiary/aromatic N) is 2. The Labute approximate surface area is 330 Å². The van der Waals surface area contributed by atoms with Crippen LogP contribution in [0.2, 0.25) is 0 Å². The van der Waals surface area contributed by atoms with Crippen LogP contribution in [0.4, 0.5) is 17.1 Å². The van der Waals surface area contributed by atoms with Gasteiger partial charge < -0.3 is 4.90 Å². The molecule has 7 aromatic rings. The highest BCUT2D eigenvalue weighted by molar-refractivity contribution is 5.98. The highest BCUT2D eigenvalue weighted by atomic mass is 15.1. The van der Waals surface area contributed by atoms with Crippen LogP contribution in [0.1, 0.15) is 68.2 Å². The fourth-order valence-electron chi connectivity index (χ4n) is 13.0. The van der Waals surface area contributed by atoms with E-state index in [2.05, 4.69) is 169 Å². The molecule has 6 aromatic carbocycles. The van der Waals surface area contributed by atoms with E-state index < -0.39 is 0 Å². The minimum absolute atomic E-state index is 0.0574. The van der Waals surface area contributed by atoms with Gasteiger partial charge in [-0.15, -0.1) is 0 Å². The Balaban J connectivity index is 1.16. The zero-order chi connectivity index (χ0) is 37.2. The van der Waals surface area contributed by atoms with Gasteiger partial charge in [0.15, 0.2) is 0 Å². The zero-order valence-corrected chi connectivity index (χ0v) is 32.3.